The first kappa shape index (κ1) is 18.3. The Hall–Kier alpha value is -1.47. The van der Waals surface area contributed by atoms with E-state index < -0.39 is 0 Å². The summed E-state index contributed by atoms with van der Waals surface area (Å²) < 4.78 is 0. The van der Waals surface area contributed by atoms with Crippen molar-refractivity contribution in [1.82, 2.24) is 20.5 Å². The third kappa shape index (κ3) is 5.51. The second kappa shape index (κ2) is 9.29. The van der Waals surface area contributed by atoms with Crippen molar-refractivity contribution in [3.8, 4) is 10.6 Å². The van der Waals surface area contributed by atoms with E-state index in [4.69, 9.17) is 11.6 Å². The highest BCUT2D eigenvalue weighted by molar-refractivity contribution is 7.13. The van der Waals surface area contributed by atoms with Crippen LogP contribution >= 0.6 is 22.9 Å². The molecule has 7 heteroatoms. The predicted octanol–water partition coefficient (Wildman–Crippen LogP) is 2.42. The maximum absolute atomic E-state index is 12.1. The Labute approximate surface area is 157 Å². The van der Waals surface area contributed by atoms with Gasteiger partial charge in [-0.3, -0.25) is 4.79 Å². The van der Waals surface area contributed by atoms with Gasteiger partial charge in [-0.05, 0) is 19.0 Å². The maximum Gasteiger partial charge on any atom is 0.226 e. The number of hydrogen-bond acceptors (Lipinski definition) is 5. The number of rotatable bonds is 7. The topological polar surface area (TPSA) is 57.3 Å². The molecule has 1 saturated heterocycles. The minimum absolute atomic E-state index is 0.0244. The normalized spacial score (nSPS) is 15.2. The Bertz CT molecular complexity index is 700. The predicted molar refractivity (Wildman–Crippen MR) is 103 cm³/mol. The molecule has 1 aromatic carbocycles. The lowest BCUT2D eigenvalue weighted by Crippen LogP contribution is -2.44. The van der Waals surface area contributed by atoms with Crippen LogP contribution in [0.4, 0.5) is 0 Å². The SMILES string of the molecule is O=C(Cc1csc(-c2ccccc2Cl)n1)NCCCN1CCNCC1. The molecule has 1 fully saturated rings. The summed E-state index contributed by atoms with van der Waals surface area (Å²) >= 11 is 7.72. The van der Waals surface area contributed by atoms with Crippen LogP contribution in [-0.2, 0) is 11.2 Å². The summed E-state index contributed by atoms with van der Waals surface area (Å²) in [7, 11) is 0. The molecular formula is C18H23ClN4OS. The van der Waals surface area contributed by atoms with Crippen LogP contribution in [0.3, 0.4) is 0 Å². The molecule has 0 aliphatic carbocycles. The molecule has 1 aromatic heterocycles. The van der Waals surface area contributed by atoms with Gasteiger partial charge >= 0.3 is 0 Å². The molecule has 134 valence electrons. The van der Waals surface area contributed by atoms with E-state index in [-0.39, 0.29) is 5.91 Å². The van der Waals surface area contributed by atoms with Crippen molar-refractivity contribution in [3.05, 3.63) is 40.4 Å². The van der Waals surface area contributed by atoms with E-state index in [1.165, 1.54) is 11.3 Å². The molecule has 0 radical (unpaired) electrons. The number of hydrogen-bond donors (Lipinski definition) is 2. The first-order valence-corrected chi connectivity index (χ1v) is 9.87. The van der Waals surface area contributed by atoms with E-state index in [0.29, 0.717) is 18.0 Å². The Kier molecular flexibility index (Phi) is 6.81. The maximum atomic E-state index is 12.1. The van der Waals surface area contributed by atoms with Crippen molar-refractivity contribution in [3.63, 3.8) is 0 Å². The minimum Gasteiger partial charge on any atom is -0.356 e. The number of carbonyl (C=O) groups is 1. The summed E-state index contributed by atoms with van der Waals surface area (Å²) in [4.78, 5) is 19.1. The van der Waals surface area contributed by atoms with Crippen molar-refractivity contribution in [2.45, 2.75) is 12.8 Å². The van der Waals surface area contributed by atoms with Crippen molar-refractivity contribution in [2.75, 3.05) is 39.3 Å². The number of amides is 1. The van der Waals surface area contributed by atoms with Crippen LogP contribution in [-0.4, -0.2) is 55.1 Å². The largest absolute Gasteiger partial charge is 0.356 e. The van der Waals surface area contributed by atoms with Gasteiger partial charge in [-0.15, -0.1) is 11.3 Å². The highest BCUT2D eigenvalue weighted by atomic mass is 35.5. The van der Waals surface area contributed by atoms with Crippen LogP contribution in [0.25, 0.3) is 10.6 Å². The summed E-state index contributed by atoms with van der Waals surface area (Å²) in [6, 6.07) is 7.63. The van der Waals surface area contributed by atoms with E-state index >= 15 is 0 Å². The molecule has 2 aromatic rings. The van der Waals surface area contributed by atoms with Crippen LogP contribution in [0, 0.1) is 0 Å². The van der Waals surface area contributed by atoms with Crippen LogP contribution in [0.1, 0.15) is 12.1 Å². The number of nitrogens with one attached hydrogen (secondary N) is 2. The average molecular weight is 379 g/mol. The Morgan fingerprint density at radius 1 is 1.32 bits per heavy atom. The molecule has 1 aliphatic rings. The Balaban J connectivity index is 1.42. The fourth-order valence-corrected chi connectivity index (χ4v) is 3.98. The van der Waals surface area contributed by atoms with Gasteiger partial charge in [-0.2, -0.15) is 0 Å². The molecule has 1 aliphatic heterocycles. The van der Waals surface area contributed by atoms with Crippen LogP contribution in [0.2, 0.25) is 5.02 Å². The van der Waals surface area contributed by atoms with Crippen LogP contribution in [0.15, 0.2) is 29.6 Å². The molecule has 2 heterocycles. The summed E-state index contributed by atoms with van der Waals surface area (Å²) in [5.41, 5.74) is 1.70. The van der Waals surface area contributed by atoms with Crippen molar-refractivity contribution >= 4 is 28.8 Å². The molecule has 2 N–H and O–H groups in total. The third-order valence-electron chi connectivity index (χ3n) is 4.18. The molecule has 0 atom stereocenters. The summed E-state index contributed by atoms with van der Waals surface area (Å²) in [5.74, 6) is 0.0244. The first-order valence-electron chi connectivity index (χ1n) is 8.61. The van der Waals surface area contributed by atoms with E-state index in [2.05, 4.69) is 20.5 Å². The lowest BCUT2D eigenvalue weighted by molar-refractivity contribution is -0.120. The molecular weight excluding hydrogens is 356 g/mol. The number of thiazole rings is 1. The monoisotopic (exact) mass is 378 g/mol. The summed E-state index contributed by atoms with van der Waals surface area (Å²) in [6.45, 7) is 6.06. The molecule has 5 nitrogen and oxygen atoms in total. The first-order chi connectivity index (χ1) is 12.2. The number of nitrogens with zero attached hydrogens (tertiary/aromatic N) is 2. The van der Waals surface area contributed by atoms with Gasteiger partial charge in [0.05, 0.1) is 17.1 Å². The van der Waals surface area contributed by atoms with Gasteiger partial charge in [0.15, 0.2) is 0 Å². The number of aromatic nitrogens is 1. The molecule has 3 rings (SSSR count). The minimum atomic E-state index is 0.0244. The van der Waals surface area contributed by atoms with Crippen molar-refractivity contribution in [2.24, 2.45) is 0 Å². The van der Waals surface area contributed by atoms with Gasteiger partial charge < -0.3 is 15.5 Å². The van der Waals surface area contributed by atoms with E-state index in [1.54, 1.807) is 0 Å². The molecule has 1 amide bonds. The molecule has 25 heavy (non-hydrogen) atoms. The van der Waals surface area contributed by atoms with Gasteiger partial charge in [-0.25, -0.2) is 4.98 Å². The summed E-state index contributed by atoms with van der Waals surface area (Å²) in [5, 5.41) is 9.80. The number of piperazine rings is 1. The van der Waals surface area contributed by atoms with Gasteiger partial charge in [-0.1, -0.05) is 29.8 Å². The lowest BCUT2D eigenvalue weighted by Gasteiger charge is -2.27. The zero-order valence-corrected chi connectivity index (χ0v) is 15.7. The molecule has 0 bridgehead atoms. The van der Waals surface area contributed by atoms with Gasteiger partial charge in [0.25, 0.3) is 0 Å². The second-order valence-corrected chi connectivity index (χ2v) is 7.36. The zero-order chi connectivity index (χ0) is 17.5. The van der Waals surface area contributed by atoms with Gasteiger partial charge in [0, 0.05) is 43.7 Å². The second-order valence-electron chi connectivity index (χ2n) is 6.10. The van der Waals surface area contributed by atoms with E-state index in [1.807, 2.05) is 29.6 Å². The lowest BCUT2D eigenvalue weighted by atomic mass is 10.2. The quantitative estimate of drug-likeness (QED) is 0.726. The molecule has 0 saturated carbocycles. The fourth-order valence-electron chi connectivity index (χ4n) is 2.84. The van der Waals surface area contributed by atoms with Gasteiger partial charge in [0.1, 0.15) is 5.01 Å². The average Bonchev–Trinajstić information content (AvgIpc) is 3.08. The number of carbonyl (C=O) groups excluding carboxylic acids is 1. The molecule has 0 spiro atoms. The zero-order valence-electron chi connectivity index (χ0n) is 14.1. The van der Waals surface area contributed by atoms with E-state index in [0.717, 1.165) is 55.4 Å². The number of benzene rings is 1. The smallest absolute Gasteiger partial charge is 0.226 e. The fraction of sp³-hybridized carbons (Fsp3) is 0.444. The highest BCUT2D eigenvalue weighted by Gasteiger charge is 2.12. The van der Waals surface area contributed by atoms with Crippen molar-refractivity contribution < 1.29 is 4.79 Å². The summed E-state index contributed by atoms with van der Waals surface area (Å²) in [6.07, 6.45) is 1.29. The van der Waals surface area contributed by atoms with E-state index in [9.17, 15) is 4.79 Å². The number of halogens is 1. The molecule has 0 unspecified atom stereocenters. The van der Waals surface area contributed by atoms with Gasteiger partial charge in [0.2, 0.25) is 5.91 Å². The highest BCUT2D eigenvalue weighted by Crippen LogP contribution is 2.30. The van der Waals surface area contributed by atoms with Crippen molar-refractivity contribution in [1.29, 1.82) is 0 Å². The Morgan fingerprint density at radius 3 is 2.92 bits per heavy atom. The third-order valence-corrected chi connectivity index (χ3v) is 5.43. The van der Waals surface area contributed by atoms with Crippen LogP contribution < -0.4 is 10.6 Å². The Morgan fingerprint density at radius 2 is 2.12 bits per heavy atom. The van der Waals surface area contributed by atoms with Crippen LogP contribution in [0.5, 0.6) is 0 Å². The standard InChI is InChI=1S/C18H23ClN4OS/c19-16-5-2-1-4-15(16)18-22-14(13-25-18)12-17(24)21-6-3-9-23-10-7-20-8-11-23/h1-2,4-5,13,20H,3,6-12H2,(H,21,24).